The highest BCUT2D eigenvalue weighted by atomic mass is 16.5. The molecular weight excluding hydrogens is 436 g/mol. The highest BCUT2D eigenvalue weighted by Crippen LogP contribution is 2.35. The van der Waals surface area contributed by atoms with E-state index in [4.69, 9.17) is 14.2 Å². The van der Waals surface area contributed by atoms with Crippen molar-refractivity contribution in [2.45, 2.75) is 45.2 Å². The number of carbonyl (C=O) groups is 3. The van der Waals surface area contributed by atoms with Crippen molar-refractivity contribution in [2.24, 2.45) is 0 Å². The molecular formula is C26H30N2O6. The van der Waals surface area contributed by atoms with Crippen molar-refractivity contribution >= 4 is 23.5 Å². The fourth-order valence-electron chi connectivity index (χ4n) is 4.48. The maximum absolute atomic E-state index is 13.3. The van der Waals surface area contributed by atoms with E-state index in [1.165, 1.54) is 4.90 Å². The first-order valence-corrected chi connectivity index (χ1v) is 11.6. The molecule has 8 nitrogen and oxygen atoms in total. The van der Waals surface area contributed by atoms with Gasteiger partial charge >= 0.3 is 5.97 Å². The SMILES string of the molecule is CCCCOC(=O)c1ccc(N2C(=O)C[C@H](N3CCc4cc(OC)c(OC)cc4C3)C2=O)cc1. The number of ether oxygens (including phenoxy) is 3. The quantitative estimate of drug-likeness (QED) is 0.335. The van der Waals surface area contributed by atoms with Crippen LogP contribution in [0.4, 0.5) is 5.69 Å². The van der Waals surface area contributed by atoms with Crippen LogP contribution in [-0.2, 0) is 27.3 Å². The molecule has 4 rings (SSSR count). The third kappa shape index (κ3) is 4.63. The second-order valence-electron chi connectivity index (χ2n) is 8.52. The van der Waals surface area contributed by atoms with Crippen LogP contribution in [0, 0.1) is 0 Å². The molecule has 1 saturated heterocycles. The zero-order valence-corrected chi connectivity index (χ0v) is 19.8. The molecule has 2 amide bonds. The number of unbranched alkanes of at least 4 members (excludes halogenated alkanes) is 1. The van der Waals surface area contributed by atoms with E-state index in [-0.39, 0.29) is 18.2 Å². The van der Waals surface area contributed by atoms with Crippen LogP contribution in [0.3, 0.4) is 0 Å². The van der Waals surface area contributed by atoms with Crippen molar-refractivity contribution in [3.63, 3.8) is 0 Å². The van der Waals surface area contributed by atoms with Crippen molar-refractivity contribution in [1.82, 2.24) is 4.90 Å². The predicted octanol–water partition coefficient (Wildman–Crippen LogP) is 3.35. The second kappa shape index (κ2) is 10.3. The molecule has 0 spiro atoms. The van der Waals surface area contributed by atoms with Gasteiger partial charge in [-0.25, -0.2) is 9.69 Å². The highest BCUT2D eigenvalue weighted by molar-refractivity contribution is 6.22. The Kier molecular flexibility index (Phi) is 7.17. The number of nitrogens with zero attached hydrogens (tertiary/aromatic N) is 2. The summed E-state index contributed by atoms with van der Waals surface area (Å²) in [6.07, 6.45) is 2.63. The first kappa shape index (κ1) is 23.8. The van der Waals surface area contributed by atoms with Crippen LogP contribution in [-0.4, -0.2) is 56.1 Å². The number of fused-ring (bicyclic) bond motifs is 1. The first-order chi connectivity index (χ1) is 16.5. The zero-order chi connectivity index (χ0) is 24.2. The molecule has 0 unspecified atom stereocenters. The Bertz CT molecular complexity index is 1080. The lowest BCUT2D eigenvalue weighted by atomic mass is 9.97. The topological polar surface area (TPSA) is 85.4 Å². The minimum absolute atomic E-state index is 0.127. The molecule has 2 aromatic rings. The fraction of sp³-hybridized carbons (Fsp3) is 0.423. The molecule has 0 aromatic heterocycles. The number of hydrogen-bond acceptors (Lipinski definition) is 7. The van der Waals surface area contributed by atoms with Crippen molar-refractivity contribution in [3.05, 3.63) is 53.1 Å². The molecule has 0 aliphatic carbocycles. The number of anilines is 1. The Labute approximate surface area is 199 Å². The van der Waals surface area contributed by atoms with Crippen molar-refractivity contribution in [2.75, 3.05) is 32.3 Å². The van der Waals surface area contributed by atoms with Gasteiger partial charge in [0.05, 0.1) is 44.5 Å². The average Bonchev–Trinajstić information content (AvgIpc) is 3.16. The minimum Gasteiger partial charge on any atom is -0.493 e. The normalized spacial score (nSPS) is 18.1. The van der Waals surface area contributed by atoms with Crippen LogP contribution in [0.25, 0.3) is 0 Å². The van der Waals surface area contributed by atoms with E-state index < -0.39 is 12.0 Å². The minimum atomic E-state index is -0.521. The number of methoxy groups -OCH3 is 2. The predicted molar refractivity (Wildman–Crippen MR) is 126 cm³/mol. The summed E-state index contributed by atoms with van der Waals surface area (Å²) >= 11 is 0. The van der Waals surface area contributed by atoms with E-state index in [9.17, 15) is 14.4 Å². The lowest BCUT2D eigenvalue weighted by molar-refractivity contribution is -0.123. The van der Waals surface area contributed by atoms with Crippen LogP contribution in [0.1, 0.15) is 47.7 Å². The molecule has 2 heterocycles. The summed E-state index contributed by atoms with van der Waals surface area (Å²) in [4.78, 5) is 41.5. The van der Waals surface area contributed by atoms with Crippen LogP contribution >= 0.6 is 0 Å². The summed E-state index contributed by atoms with van der Waals surface area (Å²) < 4.78 is 16.0. The van der Waals surface area contributed by atoms with Crippen molar-refractivity contribution in [1.29, 1.82) is 0 Å². The summed E-state index contributed by atoms with van der Waals surface area (Å²) in [5, 5.41) is 0. The van der Waals surface area contributed by atoms with E-state index in [1.54, 1.807) is 38.5 Å². The van der Waals surface area contributed by atoms with Gasteiger partial charge < -0.3 is 14.2 Å². The maximum Gasteiger partial charge on any atom is 0.338 e. The standard InChI is InChI=1S/C26H30N2O6/c1-4-5-12-34-26(31)17-6-8-20(9-7-17)28-24(29)15-21(25(28)30)27-11-10-18-13-22(32-2)23(33-3)14-19(18)16-27/h6-9,13-14,21H,4-5,10-12,15-16H2,1-3H3/t21-/m0/s1. The van der Waals surface area contributed by atoms with Gasteiger partial charge in [0.15, 0.2) is 11.5 Å². The molecule has 2 aliphatic rings. The fourth-order valence-corrected chi connectivity index (χ4v) is 4.48. The zero-order valence-electron chi connectivity index (χ0n) is 19.8. The molecule has 0 N–H and O–H groups in total. The molecule has 0 saturated carbocycles. The van der Waals surface area contributed by atoms with E-state index in [0.29, 0.717) is 42.4 Å². The van der Waals surface area contributed by atoms with Gasteiger partial charge in [-0.05, 0) is 60.4 Å². The third-order valence-corrected chi connectivity index (χ3v) is 6.40. The van der Waals surface area contributed by atoms with Crippen molar-refractivity contribution < 1.29 is 28.6 Å². The number of hydrogen-bond donors (Lipinski definition) is 0. The van der Waals surface area contributed by atoms with Gasteiger partial charge in [-0.2, -0.15) is 0 Å². The molecule has 2 aliphatic heterocycles. The van der Waals surface area contributed by atoms with Gasteiger partial charge in [0.2, 0.25) is 5.91 Å². The lowest BCUT2D eigenvalue weighted by Gasteiger charge is -2.32. The van der Waals surface area contributed by atoms with Gasteiger partial charge in [0.25, 0.3) is 5.91 Å². The largest absolute Gasteiger partial charge is 0.493 e. The number of imide groups is 1. The number of esters is 1. The van der Waals surface area contributed by atoms with Crippen LogP contribution in [0.5, 0.6) is 11.5 Å². The maximum atomic E-state index is 13.3. The lowest BCUT2D eigenvalue weighted by Crippen LogP contribution is -2.44. The Morgan fingerprint density at radius 3 is 2.35 bits per heavy atom. The number of amides is 2. The molecule has 34 heavy (non-hydrogen) atoms. The van der Waals surface area contributed by atoms with Crippen LogP contribution < -0.4 is 14.4 Å². The number of rotatable bonds is 8. The van der Waals surface area contributed by atoms with E-state index in [2.05, 4.69) is 0 Å². The second-order valence-corrected chi connectivity index (χ2v) is 8.52. The first-order valence-electron chi connectivity index (χ1n) is 11.6. The Balaban J connectivity index is 1.47. The molecule has 2 aromatic carbocycles. The Morgan fingerprint density at radius 1 is 1.03 bits per heavy atom. The summed E-state index contributed by atoms with van der Waals surface area (Å²) in [6, 6.07) is 9.83. The average molecular weight is 467 g/mol. The monoisotopic (exact) mass is 466 g/mol. The van der Waals surface area contributed by atoms with Crippen LogP contribution in [0.15, 0.2) is 36.4 Å². The summed E-state index contributed by atoms with van der Waals surface area (Å²) in [5.41, 5.74) is 3.08. The Morgan fingerprint density at radius 2 is 1.71 bits per heavy atom. The van der Waals surface area contributed by atoms with Crippen molar-refractivity contribution in [3.8, 4) is 11.5 Å². The molecule has 180 valence electrons. The molecule has 0 bridgehead atoms. The smallest absolute Gasteiger partial charge is 0.338 e. The van der Waals surface area contributed by atoms with Gasteiger partial charge in [0, 0.05) is 13.1 Å². The van der Waals surface area contributed by atoms with Gasteiger partial charge in [0.1, 0.15) is 0 Å². The highest BCUT2D eigenvalue weighted by Gasteiger charge is 2.43. The van der Waals surface area contributed by atoms with E-state index in [1.807, 2.05) is 24.0 Å². The summed E-state index contributed by atoms with van der Waals surface area (Å²) in [7, 11) is 3.21. The van der Waals surface area contributed by atoms with Gasteiger partial charge in [-0.1, -0.05) is 13.3 Å². The number of carbonyl (C=O) groups excluding carboxylic acids is 3. The third-order valence-electron chi connectivity index (χ3n) is 6.40. The van der Waals surface area contributed by atoms with Crippen LogP contribution in [0.2, 0.25) is 0 Å². The molecule has 1 atom stereocenters. The van der Waals surface area contributed by atoms with E-state index >= 15 is 0 Å². The van der Waals surface area contributed by atoms with Gasteiger partial charge in [-0.3, -0.25) is 14.5 Å². The van der Waals surface area contributed by atoms with Gasteiger partial charge in [-0.15, -0.1) is 0 Å². The van der Waals surface area contributed by atoms with E-state index in [0.717, 1.165) is 30.4 Å². The molecule has 0 radical (unpaired) electrons. The summed E-state index contributed by atoms with van der Waals surface area (Å²) in [6.45, 7) is 3.62. The summed E-state index contributed by atoms with van der Waals surface area (Å²) in [5.74, 6) is 0.437. The Hall–Kier alpha value is -3.39. The molecule has 8 heteroatoms. The molecule has 1 fully saturated rings. The number of benzene rings is 2.